The summed E-state index contributed by atoms with van der Waals surface area (Å²) in [5.74, 6) is 0. The van der Waals surface area contributed by atoms with Gasteiger partial charge in [-0.1, -0.05) is 23.8 Å². The molecule has 0 amide bonds. The molecule has 0 atom stereocenters. The lowest BCUT2D eigenvalue weighted by Gasteiger charge is -2.27. The predicted molar refractivity (Wildman–Crippen MR) is 73.0 cm³/mol. The molecule has 0 unspecified atom stereocenters. The van der Waals surface area contributed by atoms with Crippen LogP contribution in [0.2, 0.25) is 0 Å². The van der Waals surface area contributed by atoms with Gasteiger partial charge in [-0.3, -0.25) is 0 Å². The molecule has 0 aromatic heterocycles. The van der Waals surface area contributed by atoms with E-state index in [1.807, 2.05) is 0 Å². The number of hydrogen-bond acceptors (Lipinski definition) is 2. The quantitative estimate of drug-likeness (QED) is 0.841. The number of nitrogens with two attached hydrogens (primary N) is 1. The first-order chi connectivity index (χ1) is 8.15. The Morgan fingerprint density at radius 3 is 2.59 bits per heavy atom. The Labute approximate surface area is 105 Å². The third-order valence-electron chi connectivity index (χ3n) is 3.86. The number of benzene rings is 1. The van der Waals surface area contributed by atoms with Crippen molar-refractivity contribution in [3.05, 3.63) is 34.9 Å². The molecule has 1 aliphatic rings. The molecule has 2 nitrogen and oxygen atoms in total. The highest BCUT2D eigenvalue weighted by Gasteiger charge is 2.17. The zero-order valence-corrected chi connectivity index (χ0v) is 11.0. The van der Waals surface area contributed by atoms with Crippen molar-refractivity contribution < 1.29 is 0 Å². The van der Waals surface area contributed by atoms with Crippen molar-refractivity contribution in [2.75, 3.05) is 0 Å². The second-order valence-corrected chi connectivity index (χ2v) is 5.42. The largest absolute Gasteiger partial charge is 0.328 e. The molecular weight excluding hydrogens is 208 g/mol. The summed E-state index contributed by atoms with van der Waals surface area (Å²) < 4.78 is 0. The third kappa shape index (κ3) is 3.55. The van der Waals surface area contributed by atoms with Crippen LogP contribution in [-0.4, -0.2) is 12.1 Å². The Bertz CT molecular complexity index is 365. The molecule has 1 fully saturated rings. The fourth-order valence-corrected chi connectivity index (χ4v) is 2.57. The van der Waals surface area contributed by atoms with Crippen LogP contribution >= 0.6 is 0 Å². The maximum absolute atomic E-state index is 5.92. The molecule has 2 heteroatoms. The van der Waals surface area contributed by atoms with Gasteiger partial charge in [-0.05, 0) is 50.7 Å². The first-order valence-corrected chi connectivity index (χ1v) is 6.70. The lowest BCUT2D eigenvalue weighted by molar-refractivity contribution is 0.341. The van der Waals surface area contributed by atoms with E-state index in [0.29, 0.717) is 12.1 Å². The highest BCUT2D eigenvalue weighted by Crippen LogP contribution is 2.18. The van der Waals surface area contributed by atoms with Crippen LogP contribution in [0, 0.1) is 13.8 Å². The lowest BCUT2D eigenvalue weighted by atomic mass is 9.91. The van der Waals surface area contributed by atoms with Gasteiger partial charge in [-0.15, -0.1) is 0 Å². The first-order valence-electron chi connectivity index (χ1n) is 6.70. The van der Waals surface area contributed by atoms with Crippen molar-refractivity contribution in [2.45, 2.75) is 58.2 Å². The van der Waals surface area contributed by atoms with Crippen LogP contribution < -0.4 is 11.1 Å². The molecule has 0 heterocycles. The molecule has 1 aromatic carbocycles. The van der Waals surface area contributed by atoms with Gasteiger partial charge in [0, 0.05) is 18.6 Å². The Kier molecular flexibility index (Phi) is 4.19. The van der Waals surface area contributed by atoms with Gasteiger partial charge in [-0.25, -0.2) is 0 Å². The molecule has 0 saturated heterocycles. The van der Waals surface area contributed by atoms with E-state index in [2.05, 4.69) is 37.4 Å². The van der Waals surface area contributed by atoms with Crippen molar-refractivity contribution in [2.24, 2.45) is 5.73 Å². The van der Waals surface area contributed by atoms with Gasteiger partial charge in [0.1, 0.15) is 0 Å². The lowest BCUT2D eigenvalue weighted by Crippen LogP contribution is -2.37. The normalized spacial score (nSPS) is 24.9. The molecule has 0 spiro atoms. The van der Waals surface area contributed by atoms with Gasteiger partial charge >= 0.3 is 0 Å². The summed E-state index contributed by atoms with van der Waals surface area (Å²) in [6.45, 7) is 5.34. The summed E-state index contributed by atoms with van der Waals surface area (Å²) in [5.41, 5.74) is 10.1. The SMILES string of the molecule is Cc1ccc(C)c(CNC2CCC(N)CC2)c1. The van der Waals surface area contributed by atoms with Crippen LogP contribution in [0.25, 0.3) is 0 Å². The van der Waals surface area contributed by atoms with Gasteiger partial charge in [0.2, 0.25) is 0 Å². The molecule has 2 rings (SSSR count). The highest BCUT2D eigenvalue weighted by atomic mass is 14.9. The minimum atomic E-state index is 0.439. The Balaban J connectivity index is 1.87. The van der Waals surface area contributed by atoms with E-state index in [-0.39, 0.29) is 0 Å². The summed E-state index contributed by atoms with van der Waals surface area (Å²) >= 11 is 0. The van der Waals surface area contributed by atoms with Crippen molar-refractivity contribution >= 4 is 0 Å². The highest BCUT2D eigenvalue weighted by molar-refractivity contribution is 5.30. The second-order valence-electron chi connectivity index (χ2n) is 5.42. The van der Waals surface area contributed by atoms with Crippen LogP contribution in [0.4, 0.5) is 0 Å². The van der Waals surface area contributed by atoms with Crippen molar-refractivity contribution in [3.63, 3.8) is 0 Å². The maximum Gasteiger partial charge on any atom is 0.0210 e. The fourth-order valence-electron chi connectivity index (χ4n) is 2.57. The van der Waals surface area contributed by atoms with E-state index in [4.69, 9.17) is 5.73 Å². The molecule has 3 N–H and O–H groups in total. The van der Waals surface area contributed by atoms with Crippen LogP contribution in [0.1, 0.15) is 42.4 Å². The van der Waals surface area contributed by atoms with Crippen molar-refractivity contribution in [1.29, 1.82) is 0 Å². The minimum Gasteiger partial charge on any atom is -0.328 e. The smallest absolute Gasteiger partial charge is 0.0210 e. The Morgan fingerprint density at radius 2 is 1.88 bits per heavy atom. The van der Waals surface area contributed by atoms with Crippen LogP contribution in [0.15, 0.2) is 18.2 Å². The maximum atomic E-state index is 5.92. The monoisotopic (exact) mass is 232 g/mol. The van der Waals surface area contributed by atoms with Crippen LogP contribution in [0.3, 0.4) is 0 Å². The van der Waals surface area contributed by atoms with Gasteiger partial charge < -0.3 is 11.1 Å². The standard InChI is InChI=1S/C15H24N2/c1-11-3-4-12(2)13(9-11)10-17-15-7-5-14(16)6-8-15/h3-4,9,14-15,17H,5-8,10,16H2,1-2H3. The minimum absolute atomic E-state index is 0.439. The topological polar surface area (TPSA) is 38.0 Å². The second kappa shape index (κ2) is 5.65. The average molecular weight is 232 g/mol. The molecule has 0 aliphatic heterocycles. The number of hydrogen-bond donors (Lipinski definition) is 2. The molecule has 1 aliphatic carbocycles. The summed E-state index contributed by atoms with van der Waals surface area (Å²) in [7, 11) is 0. The molecule has 1 saturated carbocycles. The number of nitrogens with one attached hydrogen (secondary N) is 1. The van der Waals surface area contributed by atoms with E-state index in [1.54, 1.807) is 0 Å². The summed E-state index contributed by atoms with van der Waals surface area (Å²) in [4.78, 5) is 0. The molecular formula is C15H24N2. The van der Waals surface area contributed by atoms with Crippen molar-refractivity contribution in [1.82, 2.24) is 5.32 Å². The first kappa shape index (κ1) is 12.6. The van der Waals surface area contributed by atoms with Crippen LogP contribution in [-0.2, 0) is 6.54 Å². The molecule has 0 bridgehead atoms. The zero-order valence-electron chi connectivity index (χ0n) is 11.0. The van der Waals surface area contributed by atoms with E-state index < -0.39 is 0 Å². The van der Waals surface area contributed by atoms with E-state index in [0.717, 1.165) is 6.54 Å². The van der Waals surface area contributed by atoms with E-state index in [1.165, 1.54) is 42.4 Å². The van der Waals surface area contributed by atoms with Gasteiger partial charge in [0.05, 0.1) is 0 Å². The molecule has 17 heavy (non-hydrogen) atoms. The fraction of sp³-hybridized carbons (Fsp3) is 0.600. The van der Waals surface area contributed by atoms with E-state index in [9.17, 15) is 0 Å². The van der Waals surface area contributed by atoms with Gasteiger partial charge in [0.15, 0.2) is 0 Å². The predicted octanol–water partition coefficient (Wildman–Crippen LogP) is 2.66. The van der Waals surface area contributed by atoms with E-state index >= 15 is 0 Å². The van der Waals surface area contributed by atoms with Crippen molar-refractivity contribution in [3.8, 4) is 0 Å². The average Bonchev–Trinajstić information content (AvgIpc) is 2.32. The van der Waals surface area contributed by atoms with Gasteiger partial charge in [0.25, 0.3) is 0 Å². The molecule has 94 valence electrons. The summed E-state index contributed by atoms with van der Waals surface area (Å²) in [6, 6.07) is 7.78. The summed E-state index contributed by atoms with van der Waals surface area (Å²) in [6.07, 6.45) is 4.80. The zero-order chi connectivity index (χ0) is 12.3. The van der Waals surface area contributed by atoms with Gasteiger partial charge in [-0.2, -0.15) is 0 Å². The molecule has 0 radical (unpaired) electrons. The van der Waals surface area contributed by atoms with Crippen LogP contribution in [0.5, 0.6) is 0 Å². The number of rotatable bonds is 3. The summed E-state index contributed by atoms with van der Waals surface area (Å²) in [5, 5.41) is 3.67. The Morgan fingerprint density at radius 1 is 1.18 bits per heavy atom. The molecule has 1 aromatic rings. The Hall–Kier alpha value is -0.860. The third-order valence-corrected chi connectivity index (χ3v) is 3.86. The number of aryl methyl sites for hydroxylation is 2.